The van der Waals surface area contributed by atoms with Crippen molar-refractivity contribution in [3.8, 4) is 5.75 Å². The minimum atomic E-state index is -0.153. The SMILES string of the molecule is Cc1cccc(OCC(=O)n2c(C)c(CO)c3ccccc32)c1. The Morgan fingerprint density at radius 2 is 1.91 bits per heavy atom. The van der Waals surface area contributed by atoms with E-state index in [0.717, 1.165) is 27.7 Å². The molecule has 118 valence electrons. The summed E-state index contributed by atoms with van der Waals surface area (Å²) in [5.41, 5.74) is 3.42. The Kier molecular flexibility index (Phi) is 4.17. The molecule has 3 aromatic rings. The average molecular weight is 309 g/mol. The third-order valence-electron chi connectivity index (χ3n) is 4.00. The van der Waals surface area contributed by atoms with Crippen molar-refractivity contribution in [2.45, 2.75) is 20.5 Å². The van der Waals surface area contributed by atoms with Crippen LogP contribution in [0.15, 0.2) is 48.5 Å². The summed E-state index contributed by atoms with van der Waals surface area (Å²) < 4.78 is 7.24. The second-order valence-corrected chi connectivity index (χ2v) is 5.57. The first-order chi connectivity index (χ1) is 11.1. The molecule has 1 aromatic heterocycles. The third kappa shape index (κ3) is 2.85. The number of ether oxygens (including phenoxy) is 1. The van der Waals surface area contributed by atoms with E-state index in [0.29, 0.717) is 5.75 Å². The molecular weight excluding hydrogens is 290 g/mol. The first-order valence-electron chi connectivity index (χ1n) is 7.54. The fraction of sp³-hybridized carbons (Fsp3) is 0.211. The van der Waals surface area contributed by atoms with Crippen LogP contribution in [0.4, 0.5) is 0 Å². The van der Waals surface area contributed by atoms with Crippen LogP contribution in [0.1, 0.15) is 21.6 Å². The lowest BCUT2D eigenvalue weighted by Gasteiger charge is -2.09. The first kappa shape index (κ1) is 15.3. The van der Waals surface area contributed by atoms with Gasteiger partial charge >= 0.3 is 0 Å². The number of rotatable bonds is 4. The van der Waals surface area contributed by atoms with Gasteiger partial charge < -0.3 is 9.84 Å². The van der Waals surface area contributed by atoms with Crippen molar-refractivity contribution in [1.29, 1.82) is 0 Å². The minimum absolute atomic E-state index is 0.0478. The van der Waals surface area contributed by atoms with Crippen molar-refractivity contribution in [2.75, 3.05) is 6.61 Å². The summed E-state index contributed by atoms with van der Waals surface area (Å²) in [7, 11) is 0. The molecule has 4 nitrogen and oxygen atoms in total. The number of aliphatic hydroxyl groups excluding tert-OH is 1. The third-order valence-corrected chi connectivity index (χ3v) is 4.00. The number of aromatic nitrogens is 1. The van der Waals surface area contributed by atoms with Gasteiger partial charge in [0.15, 0.2) is 6.61 Å². The Labute approximate surface area is 134 Å². The molecule has 4 heteroatoms. The lowest BCUT2D eigenvalue weighted by Crippen LogP contribution is -2.20. The van der Waals surface area contributed by atoms with Crippen molar-refractivity contribution in [3.63, 3.8) is 0 Å². The van der Waals surface area contributed by atoms with Gasteiger partial charge in [-0.05, 0) is 37.6 Å². The van der Waals surface area contributed by atoms with Crippen LogP contribution in [0.3, 0.4) is 0 Å². The van der Waals surface area contributed by atoms with Crippen molar-refractivity contribution in [2.24, 2.45) is 0 Å². The topological polar surface area (TPSA) is 51.5 Å². The van der Waals surface area contributed by atoms with Gasteiger partial charge in [-0.25, -0.2) is 0 Å². The predicted molar refractivity (Wildman–Crippen MR) is 89.9 cm³/mol. The second kappa shape index (κ2) is 6.26. The molecular formula is C19H19NO3. The number of aryl methyl sites for hydroxylation is 1. The maximum absolute atomic E-state index is 12.6. The van der Waals surface area contributed by atoms with E-state index in [2.05, 4.69) is 0 Å². The zero-order valence-corrected chi connectivity index (χ0v) is 13.2. The van der Waals surface area contributed by atoms with Crippen LogP contribution in [0.2, 0.25) is 0 Å². The lowest BCUT2D eigenvalue weighted by molar-refractivity contribution is 0.0840. The largest absolute Gasteiger partial charge is 0.484 e. The average Bonchev–Trinajstić information content (AvgIpc) is 2.84. The summed E-state index contributed by atoms with van der Waals surface area (Å²) >= 11 is 0. The van der Waals surface area contributed by atoms with Crippen molar-refractivity contribution >= 4 is 16.8 Å². The van der Waals surface area contributed by atoms with Gasteiger partial charge in [-0.15, -0.1) is 0 Å². The van der Waals surface area contributed by atoms with E-state index in [1.807, 2.05) is 62.4 Å². The Balaban J connectivity index is 1.91. The first-order valence-corrected chi connectivity index (χ1v) is 7.54. The van der Waals surface area contributed by atoms with Gasteiger partial charge in [0.25, 0.3) is 5.91 Å². The van der Waals surface area contributed by atoms with Gasteiger partial charge in [-0.2, -0.15) is 0 Å². The monoisotopic (exact) mass is 309 g/mol. The van der Waals surface area contributed by atoms with Gasteiger partial charge in [0.05, 0.1) is 12.1 Å². The van der Waals surface area contributed by atoms with Gasteiger partial charge in [0.2, 0.25) is 0 Å². The van der Waals surface area contributed by atoms with E-state index < -0.39 is 0 Å². The molecule has 23 heavy (non-hydrogen) atoms. The number of aliphatic hydroxyl groups is 1. The fourth-order valence-corrected chi connectivity index (χ4v) is 2.87. The van der Waals surface area contributed by atoms with E-state index in [4.69, 9.17) is 4.74 Å². The number of benzene rings is 2. The molecule has 0 saturated carbocycles. The summed E-state index contributed by atoms with van der Waals surface area (Å²) in [6.07, 6.45) is 0. The number of fused-ring (bicyclic) bond motifs is 1. The van der Waals surface area contributed by atoms with E-state index in [1.165, 1.54) is 0 Å². The highest BCUT2D eigenvalue weighted by Crippen LogP contribution is 2.25. The Morgan fingerprint density at radius 1 is 1.13 bits per heavy atom. The summed E-state index contributed by atoms with van der Waals surface area (Å²) in [4.78, 5) is 12.6. The van der Waals surface area contributed by atoms with E-state index in [9.17, 15) is 9.90 Å². The molecule has 0 aliphatic heterocycles. The zero-order chi connectivity index (χ0) is 16.4. The van der Waals surface area contributed by atoms with Gasteiger partial charge in [0.1, 0.15) is 5.75 Å². The van der Waals surface area contributed by atoms with Crippen LogP contribution in [-0.2, 0) is 6.61 Å². The summed E-state index contributed by atoms with van der Waals surface area (Å²) in [6.45, 7) is 3.68. The Morgan fingerprint density at radius 3 is 2.65 bits per heavy atom. The maximum atomic E-state index is 12.6. The summed E-state index contributed by atoms with van der Waals surface area (Å²) in [5, 5.41) is 10.5. The van der Waals surface area contributed by atoms with Crippen molar-refractivity contribution in [1.82, 2.24) is 4.57 Å². The van der Waals surface area contributed by atoms with Crippen LogP contribution >= 0.6 is 0 Å². The molecule has 0 radical (unpaired) electrons. The van der Waals surface area contributed by atoms with E-state index >= 15 is 0 Å². The molecule has 0 saturated heterocycles. The highest BCUT2D eigenvalue weighted by Gasteiger charge is 2.18. The molecule has 1 heterocycles. The summed E-state index contributed by atoms with van der Waals surface area (Å²) in [5.74, 6) is 0.523. The Hall–Kier alpha value is -2.59. The number of hydrogen-bond donors (Lipinski definition) is 1. The van der Waals surface area contributed by atoms with Crippen LogP contribution in [0, 0.1) is 13.8 Å². The van der Waals surface area contributed by atoms with Crippen LogP contribution in [0.5, 0.6) is 5.75 Å². The number of hydrogen-bond acceptors (Lipinski definition) is 3. The molecule has 0 aliphatic rings. The van der Waals surface area contributed by atoms with Crippen LogP contribution in [0.25, 0.3) is 10.9 Å². The van der Waals surface area contributed by atoms with E-state index in [1.54, 1.807) is 4.57 Å². The molecule has 0 spiro atoms. The number of carbonyl (C=O) groups is 1. The minimum Gasteiger partial charge on any atom is -0.484 e. The predicted octanol–water partition coefficient (Wildman–Crippen LogP) is 3.47. The molecule has 0 aliphatic carbocycles. The van der Waals surface area contributed by atoms with E-state index in [-0.39, 0.29) is 19.1 Å². The molecule has 0 fully saturated rings. The Bertz CT molecular complexity index is 864. The van der Waals surface area contributed by atoms with Crippen LogP contribution < -0.4 is 4.74 Å². The van der Waals surface area contributed by atoms with Gasteiger partial charge in [-0.3, -0.25) is 9.36 Å². The molecule has 0 unspecified atom stereocenters. The molecule has 0 amide bonds. The fourth-order valence-electron chi connectivity index (χ4n) is 2.87. The zero-order valence-electron chi connectivity index (χ0n) is 13.2. The quantitative estimate of drug-likeness (QED) is 0.803. The normalized spacial score (nSPS) is 10.9. The second-order valence-electron chi connectivity index (χ2n) is 5.57. The van der Waals surface area contributed by atoms with Gasteiger partial charge in [-0.1, -0.05) is 30.3 Å². The maximum Gasteiger partial charge on any atom is 0.269 e. The smallest absolute Gasteiger partial charge is 0.269 e. The lowest BCUT2D eigenvalue weighted by atomic mass is 10.1. The number of para-hydroxylation sites is 1. The highest BCUT2D eigenvalue weighted by molar-refractivity contribution is 5.96. The molecule has 1 N–H and O–H groups in total. The number of nitrogens with zero attached hydrogens (tertiary/aromatic N) is 1. The van der Waals surface area contributed by atoms with Crippen molar-refractivity contribution in [3.05, 3.63) is 65.4 Å². The molecule has 3 rings (SSSR count). The highest BCUT2D eigenvalue weighted by atomic mass is 16.5. The molecule has 0 atom stereocenters. The standard InChI is InChI=1S/C19H19NO3/c1-13-6-5-7-15(10-13)23-12-19(22)20-14(2)17(11-21)16-8-3-4-9-18(16)20/h3-10,21H,11-12H2,1-2H3. The molecule has 2 aromatic carbocycles. The van der Waals surface area contributed by atoms with Crippen LogP contribution in [-0.4, -0.2) is 22.2 Å². The van der Waals surface area contributed by atoms with Crippen molar-refractivity contribution < 1.29 is 14.6 Å². The van der Waals surface area contributed by atoms with Gasteiger partial charge in [0, 0.05) is 16.6 Å². The number of carbonyl (C=O) groups excluding carboxylic acids is 1. The molecule has 0 bridgehead atoms. The summed E-state index contributed by atoms with van der Waals surface area (Å²) in [6, 6.07) is 15.2.